The minimum Gasteiger partial charge on any atom is -0.481 e. The van der Waals surface area contributed by atoms with E-state index in [-0.39, 0.29) is 41.4 Å². The summed E-state index contributed by atoms with van der Waals surface area (Å²) in [5.74, 6) is -0.982. The van der Waals surface area contributed by atoms with Gasteiger partial charge < -0.3 is 15.0 Å². The molecule has 7 nitrogen and oxygen atoms in total. The van der Waals surface area contributed by atoms with E-state index in [1.165, 1.54) is 36.1 Å². The number of benzene rings is 2. The molecule has 2 aliphatic rings. The van der Waals surface area contributed by atoms with E-state index in [9.17, 15) is 18.4 Å². The molecule has 1 aliphatic heterocycles. The second-order valence-corrected chi connectivity index (χ2v) is 10.4. The molecular weight excluding hydrogens is 546 g/mol. The average molecular weight is 573 g/mol. The highest BCUT2D eigenvalue weighted by atomic mass is 79.9. The van der Waals surface area contributed by atoms with Crippen LogP contribution in [0.3, 0.4) is 0 Å². The zero-order chi connectivity index (χ0) is 26.2. The van der Waals surface area contributed by atoms with Crippen molar-refractivity contribution < 1.29 is 23.1 Å². The third kappa shape index (κ3) is 4.86. The zero-order valence-electron chi connectivity index (χ0n) is 20.3. The molecule has 1 aliphatic carbocycles. The van der Waals surface area contributed by atoms with Crippen molar-refractivity contribution in [2.45, 2.75) is 50.1 Å². The largest absolute Gasteiger partial charge is 0.481 e. The Labute approximate surface area is 221 Å². The number of ether oxygens (including phenoxy) is 1. The topological polar surface area (TPSA) is 76.5 Å². The molecule has 3 aromatic rings. The minimum absolute atomic E-state index is 0.00955. The number of amides is 2. The van der Waals surface area contributed by atoms with Gasteiger partial charge in [-0.15, -0.1) is 0 Å². The van der Waals surface area contributed by atoms with Crippen LogP contribution in [-0.4, -0.2) is 51.7 Å². The van der Waals surface area contributed by atoms with Crippen LogP contribution in [0.4, 0.5) is 8.78 Å². The standard InChI is InChI=1S/C27H27BrF2N4O3/c1-37-25-16-21(32-34(25)22-6-3-2-5-20(22)30)26(36)31-27-12-4-7-23(27)33(14-13-27)24(35)11-8-17-15-18(29)9-10-19(17)28/h2-3,5-6,9-10,15-16,23H,4,7-8,11-14H2,1H3,(H,31,36)/t23-,27+/m0/s1. The van der Waals surface area contributed by atoms with Gasteiger partial charge >= 0.3 is 0 Å². The molecule has 2 atom stereocenters. The van der Waals surface area contributed by atoms with Crippen molar-refractivity contribution in [3.63, 3.8) is 0 Å². The summed E-state index contributed by atoms with van der Waals surface area (Å²) >= 11 is 3.42. The highest BCUT2D eigenvalue weighted by molar-refractivity contribution is 9.10. The maximum atomic E-state index is 14.4. The van der Waals surface area contributed by atoms with Crippen molar-refractivity contribution in [1.29, 1.82) is 0 Å². The summed E-state index contributed by atoms with van der Waals surface area (Å²) in [7, 11) is 1.44. The fraction of sp³-hybridized carbons (Fsp3) is 0.370. The second-order valence-electron chi connectivity index (χ2n) is 9.53. The zero-order valence-corrected chi connectivity index (χ0v) is 21.9. The van der Waals surface area contributed by atoms with Crippen molar-refractivity contribution in [1.82, 2.24) is 20.0 Å². The number of carbonyl (C=O) groups excluding carboxylic acids is 2. The first-order valence-electron chi connectivity index (χ1n) is 12.3. The first-order chi connectivity index (χ1) is 17.8. The van der Waals surface area contributed by atoms with E-state index in [0.29, 0.717) is 19.4 Å². The molecule has 1 saturated carbocycles. The number of fused-ring (bicyclic) bond motifs is 1. The van der Waals surface area contributed by atoms with Gasteiger partial charge in [0, 0.05) is 23.5 Å². The second kappa shape index (κ2) is 10.2. The van der Waals surface area contributed by atoms with Crippen LogP contribution in [0, 0.1) is 11.6 Å². The summed E-state index contributed by atoms with van der Waals surface area (Å²) in [6, 6.07) is 12.0. The molecule has 10 heteroatoms. The lowest BCUT2D eigenvalue weighted by Gasteiger charge is -2.33. The van der Waals surface area contributed by atoms with Gasteiger partial charge in [-0.05, 0) is 68.0 Å². The quantitative estimate of drug-likeness (QED) is 0.441. The van der Waals surface area contributed by atoms with E-state index in [4.69, 9.17) is 4.74 Å². The number of nitrogens with one attached hydrogen (secondary N) is 1. The predicted octanol–water partition coefficient (Wildman–Crippen LogP) is 4.81. The highest BCUT2D eigenvalue weighted by Gasteiger charge is 2.52. The van der Waals surface area contributed by atoms with Gasteiger partial charge in [-0.2, -0.15) is 9.78 Å². The molecular formula is C27H27BrF2N4O3. The summed E-state index contributed by atoms with van der Waals surface area (Å²) in [5, 5.41) is 7.48. The number of rotatable bonds is 7. The molecule has 37 heavy (non-hydrogen) atoms. The van der Waals surface area contributed by atoms with E-state index in [2.05, 4.69) is 26.3 Å². The molecule has 1 N–H and O–H groups in total. The molecule has 0 unspecified atom stereocenters. The lowest BCUT2D eigenvalue weighted by molar-refractivity contribution is -0.132. The SMILES string of the molecule is COc1cc(C(=O)N[C@@]23CCC[C@@H]2N(C(=O)CCc2cc(F)ccc2Br)CC3)nn1-c1ccccc1F. The van der Waals surface area contributed by atoms with Gasteiger partial charge in [0.05, 0.1) is 18.7 Å². The summed E-state index contributed by atoms with van der Waals surface area (Å²) in [6.45, 7) is 0.543. The van der Waals surface area contributed by atoms with Crippen LogP contribution < -0.4 is 10.1 Å². The number of hydrogen-bond acceptors (Lipinski definition) is 4. The number of likely N-dealkylation sites (tertiary alicyclic amines) is 1. The van der Waals surface area contributed by atoms with E-state index >= 15 is 0 Å². The molecule has 0 radical (unpaired) electrons. The van der Waals surface area contributed by atoms with Crippen molar-refractivity contribution in [2.75, 3.05) is 13.7 Å². The number of nitrogens with zero attached hydrogens (tertiary/aromatic N) is 3. The Morgan fingerprint density at radius 3 is 2.78 bits per heavy atom. The first kappa shape index (κ1) is 25.4. The normalized spacial score (nSPS) is 20.6. The molecule has 2 fully saturated rings. The number of aryl methyl sites for hydroxylation is 1. The molecule has 2 aromatic carbocycles. The van der Waals surface area contributed by atoms with Crippen LogP contribution in [-0.2, 0) is 11.2 Å². The van der Waals surface area contributed by atoms with Crippen LogP contribution in [0.1, 0.15) is 48.2 Å². The Bertz CT molecular complexity index is 1350. The Balaban J connectivity index is 1.30. The van der Waals surface area contributed by atoms with Gasteiger partial charge in [-0.25, -0.2) is 8.78 Å². The summed E-state index contributed by atoms with van der Waals surface area (Å²) in [6.07, 6.45) is 3.76. The van der Waals surface area contributed by atoms with Crippen molar-refractivity contribution in [2.24, 2.45) is 0 Å². The smallest absolute Gasteiger partial charge is 0.272 e. The third-order valence-corrected chi connectivity index (χ3v) is 8.18. The Hall–Kier alpha value is -3.27. The van der Waals surface area contributed by atoms with E-state index < -0.39 is 17.3 Å². The molecule has 0 bridgehead atoms. The van der Waals surface area contributed by atoms with E-state index in [1.54, 1.807) is 24.3 Å². The van der Waals surface area contributed by atoms with E-state index in [1.807, 2.05) is 4.90 Å². The van der Waals surface area contributed by atoms with Gasteiger partial charge in [0.2, 0.25) is 11.8 Å². The number of para-hydroxylation sites is 1. The van der Waals surface area contributed by atoms with Crippen LogP contribution in [0.25, 0.3) is 5.69 Å². The fourth-order valence-corrected chi connectivity index (χ4v) is 6.05. The summed E-state index contributed by atoms with van der Waals surface area (Å²) < 4.78 is 35.4. The number of aromatic nitrogens is 2. The molecule has 1 aromatic heterocycles. The van der Waals surface area contributed by atoms with Gasteiger partial charge in [-0.3, -0.25) is 9.59 Å². The molecule has 194 valence electrons. The number of hydrogen-bond donors (Lipinski definition) is 1. The maximum Gasteiger partial charge on any atom is 0.272 e. The molecule has 2 amide bonds. The number of halogens is 3. The molecule has 1 saturated heterocycles. The Morgan fingerprint density at radius 1 is 1.19 bits per heavy atom. The van der Waals surface area contributed by atoms with Crippen LogP contribution in [0.2, 0.25) is 0 Å². The van der Waals surface area contributed by atoms with Crippen molar-refractivity contribution in [3.8, 4) is 11.6 Å². The Kier molecular flexibility index (Phi) is 7.02. The molecule has 2 heterocycles. The minimum atomic E-state index is -0.540. The molecule has 0 spiro atoms. The maximum absolute atomic E-state index is 14.4. The third-order valence-electron chi connectivity index (χ3n) is 7.41. The van der Waals surface area contributed by atoms with Gasteiger partial charge in [-0.1, -0.05) is 28.1 Å². The molecule has 5 rings (SSSR count). The number of methoxy groups -OCH3 is 1. The summed E-state index contributed by atoms with van der Waals surface area (Å²) in [4.78, 5) is 28.3. The lowest BCUT2D eigenvalue weighted by atomic mass is 9.92. The van der Waals surface area contributed by atoms with Gasteiger partial charge in [0.1, 0.15) is 17.3 Å². The lowest BCUT2D eigenvalue weighted by Crippen LogP contribution is -2.54. The summed E-state index contributed by atoms with van der Waals surface area (Å²) in [5.41, 5.74) is 0.498. The number of carbonyl (C=O) groups is 2. The van der Waals surface area contributed by atoms with Crippen molar-refractivity contribution >= 4 is 27.7 Å². The van der Waals surface area contributed by atoms with Crippen molar-refractivity contribution in [3.05, 3.63) is 75.9 Å². The first-order valence-corrected chi connectivity index (χ1v) is 13.1. The monoisotopic (exact) mass is 572 g/mol. The Morgan fingerprint density at radius 2 is 2.00 bits per heavy atom. The van der Waals surface area contributed by atoms with E-state index in [0.717, 1.165) is 29.3 Å². The van der Waals surface area contributed by atoms with Crippen LogP contribution >= 0.6 is 15.9 Å². The predicted molar refractivity (Wildman–Crippen MR) is 137 cm³/mol. The fourth-order valence-electron chi connectivity index (χ4n) is 5.61. The highest BCUT2D eigenvalue weighted by Crippen LogP contribution is 2.42. The van der Waals surface area contributed by atoms with Gasteiger partial charge in [0.25, 0.3) is 5.91 Å². The average Bonchev–Trinajstić information content (AvgIpc) is 3.58. The van der Waals surface area contributed by atoms with Crippen LogP contribution in [0.15, 0.2) is 53.0 Å². The van der Waals surface area contributed by atoms with Crippen LogP contribution in [0.5, 0.6) is 5.88 Å². The van der Waals surface area contributed by atoms with Gasteiger partial charge in [0.15, 0.2) is 5.69 Å².